The first kappa shape index (κ1) is 14.4. The SMILES string of the molecule is CC(C)NC(=O)NCc1ccc2c(c1)C(C)(C)C(=O)N2. The van der Waals surface area contributed by atoms with Crippen molar-refractivity contribution in [2.75, 3.05) is 5.32 Å². The highest BCUT2D eigenvalue weighted by Crippen LogP contribution is 2.37. The molecule has 0 radical (unpaired) electrons. The Balaban J connectivity index is 2.08. The molecule has 1 aliphatic heterocycles. The lowest BCUT2D eigenvalue weighted by Crippen LogP contribution is -2.39. The molecule has 0 fully saturated rings. The fourth-order valence-electron chi connectivity index (χ4n) is 2.22. The van der Waals surface area contributed by atoms with Crippen molar-refractivity contribution >= 4 is 17.6 Å². The highest BCUT2D eigenvalue weighted by molar-refractivity contribution is 6.05. The van der Waals surface area contributed by atoms with Gasteiger partial charge in [-0.25, -0.2) is 4.79 Å². The van der Waals surface area contributed by atoms with Crippen LogP contribution in [-0.4, -0.2) is 18.0 Å². The summed E-state index contributed by atoms with van der Waals surface area (Å²) in [6.45, 7) is 8.06. The van der Waals surface area contributed by atoms with Crippen molar-refractivity contribution in [2.45, 2.75) is 45.7 Å². The van der Waals surface area contributed by atoms with Crippen LogP contribution in [0, 0.1) is 0 Å². The Labute approximate surface area is 119 Å². The first-order valence-corrected chi connectivity index (χ1v) is 6.80. The van der Waals surface area contributed by atoms with Gasteiger partial charge in [0.2, 0.25) is 5.91 Å². The molecule has 0 bridgehead atoms. The summed E-state index contributed by atoms with van der Waals surface area (Å²) in [5, 5.41) is 8.44. The Morgan fingerprint density at radius 1 is 1.35 bits per heavy atom. The van der Waals surface area contributed by atoms with Gasteiger partial charge in [-0.05, 0) is 44.9 Å². The zero-order chi connectivity index (χ0) is 14.9. The van der Waals surface area contributed by atoms with E-state index >= 15 is 0 Å². The molecule has 108 valence electrons. The molecule has 1 aliphatic rings. The van der Waals surface area contributed by atoms with Crippen molar-refractivity contribution < 1.29 is 9.59 Å². The first-order valence-electron chi connectivity index (χ1n) is 6.80. The summed E-state index contributed by atoms with van der Waals surface area (Å²) in [5.41, 5.74) is 2.29. The van der Waals surface area contributed by atoms with Gasteiger partial charge < -0.3 is 16.0 Å². The summed E-state index contributed by atoms with van der Waals surface area (Å²) in [7, 11) is 0. The molecule has 0 aliphatic carbocycles. The molecule has 0 saturated heterocycles. The van der Waals surface area contributed by atoms with Crippen molar-refractivity contribution in [3.63, 3.8) is 0 Å². The van der Waals surface area contributed by atoms with E-state index in [1.54, 1.807) is 0 Å². The minimum absolute atomic E-state index is 0.00941. The zero-order valence-corrected chi connectivity index (χ0v) is 12.3. The van der Waals surface area contributed by atoms with E-state index < -0.39 is 5.41 Å². The lowest BCUT2D eigenvalue weighted by molar-refractivity contribution is -0.119. The van der Waals surface area contributed by atoms with E-state index in [0.29, 0.717) is 6.54 Å². The lowest BCUT2D eigenvalue weighted by Gasteiger charge is -2.16. The predicted octanol–water partition coefficient (Wildman–Crippen LogP) is 2.12. The Morgan fingerprint density at radius 3 is 2.70 bits per heavy atom. The van der Waals surface area contributed by atoms with Gasteiger partial charge in [-0.15, -0.1) is 0 Å². The number of nitrogens with one attached hydrogen (secondary N) is 3. The quantitative estimate of drug-likeness (QED) is 0.791. The van der Waals surface area contributed by atoms with E-state index in [2.05, 4.69) is 16.0 Å². The van der Waals surface area contributed by atoms with Crippen LogP contribution >= 0.6 is 0 Å². The second kappa shape index (κ2) is 5.15. The van der Waals surface area contributed by atoms with Crippen LogP contribution in [-0.2, 0) is 16.8 Å². The number of hydrogen-bond acceptors (Lipinski definition) is 2. The smallest absolute Gasteiger partial charge is 0.315 e. The summed E-state index contributed by atoms with van der Waals surface area (Å²) in [6.07, 6.45) is 0. The van der Waals surface area contributed by atoms with E-state index in [4.69, 9.17) is 0 Å². The number of anilines is 1. The molecule has 0 spiro atoms. The molecule has 1 aromatic carbocycles. The van der Waals surface area contributed by atoms with Gasteiger partial charge in [0.1, 0.15) is 0 Å². The largest absolute Gasteiger partial charge is 0.336 e. The zero-order valence-electron chi connectivity index (χ0n) is 12.3. The molecule has 0 saturated carbocycles. The molecule has 1 aromatic rings. The average molecular weight is 275 g/mol. The van der Waals surface area contributed by atoms with Gasteiger partial charge in [0.15, 0.2) is 0 Å². The molecule has 0 unspecified atom stereocenters. The highest BCUT2D eigenvalue weighted by Gasteiger charge is 2.38. The fourth-order valence-corrected chi connectivity index (χ4v) is 2.22. The summed E-state index contributed by atoms with van der Waals surface area (Å²) in [5.74, 6) is 0.00941. The number of rotatable bonds is 3. The van der Waals surface area contributed by atoms with Gasteiger partial charge in [0.25, 0.3) is 0 Å². The van der Waals surface area contributed by atoms with Crippen molar-refractivity contribution in [1.29, 1.82) is 0 Å². The summed E-state index contributed by atoms with van der Waals surface area (Å²) < 4.78 is 0. The second-order valence-corrected chi connectivity index (χ2v) is 5.94. The van der Waals surface area contributed by atoms with E-state index in [1.165, 1.54) is 0 Å². The van der Waals surface area contributed by atoms with Gasteiger partial charge >= 0.3 is 6.03 Å². The minimum Gasteiger partial charge on any atom is -0.336 e. The number of fused-ring (bicyclic) bond motifs is 1. The molecule has 0 aromatic heterocycles. The topological polar surface area (TPSA) is 70.2 Å². The predicted molar refractivity (Wildman–Crippen MR) is 78.6 cm³/mol. The average Bonchev–Trinajstić information content (AvgIpc) is 2.57. The fraction of sp³-hybridized carbons (Fsp3) is 0.467. The van der Waals surface area contributed by atoms with Crippen LogP contribution in [0.3, 0.4) is 0 Å². The van der Waals surface area contributed by atoms with Gasteiger partial charge in [-0.1, -0.05) is 12.1 Å². The first-order chi connectivity index (χ1) is 9.30. The van der Waals surface area contributed by atoms with Gasteiger partial charge in [0, 0.05) is 18.3 Å². The van der Waals surface area contributed by atoms with Crippen LogP contribution in [0.4, 0.5) is 10.5 Å². The van der Waals surface area contributed by atoms with Crippen molar-refractivity contribution in [2.24, 2.45) is 0 Å². The number of carbonyl (C=O) groups excluding carboxylic acids is 2. The van der Waals surface area contributed by atoms with E-state index in [9.17, 15) is 9.59 Å². The number of carbonyl (C=O) groups is 2. The Kier molecular flexibility index (Phi) is 3.70. The maximum absolute atomic E-state index is 11.9. The summed E-state index contributed by atoms with van der Waals surface area (Å²) >= 11 is 0. The molecule has 3 amide bonds. The lowest BCUT2D eigenvalue weighted by atomic mass is 9.85. The van der Waals surface area contributed by atoms with Crippen LogP contribution in [0.5, 0.6) is 0 Å². The number of benzene rings is 1. The van der Waals surface area contributed by atoms with Gasteiger partial charge in [-0.3, -0.25) is 4.79 Å². The number of amides is 3. The number of hydrogen-bond donors (Lipinski definition) is 3. The third-order valence-electron chi connectivity index (χ3n) is 3.45. The molecule has 20 heavy (non-hydrogen) atoms. The Morgan fingerprint density at radius 2 is 2.05 bits per heavy atom. The number of urea groups is 1. The second-order valence-electron chi connectivity index (χ2n) is 5.94. The van der Waals surface area contributed by atoms with Crippen LogP contribution in [0.1, 0.15) is 38.8 Å². The molecular weight excluding hydrogens is 254 g/mol. The third-order valence-corrected chi connectivity index (χ3v) is 3.45. The van der Waals surface area contributed by atoms with E-state index in [0.717, 1.165) is 16.8 Å². The van der Waals surface area contributed by atoms with Crippen molar-refractivity contribution in [3.05, 3.63) is 29.3 Å². The highest BCUT2D eigenvalue weighted by atomic mass is 16.2. The molecule has 5 heteroatoms. The Hall–Kier alpha value is -2.04. The molecule has 1 heterocycles. The monoisotopic (exact) mass is 275 g/mol. The minimum atomic E-state index is -0.522. The molecule has 0 atom stereocenters. The van der Waals surface area contributed by atoms with Crippen molar-refractivity contribution in [3.8, 4) is 0 Å². The van der Waals surface area contributed by atoms with Gasteiger partial charge in [0.05, 0.1) is 5.41 Å². The van der Waals surface area contributed by atoms with E-state index in [1.807, 2.05) is 45.9 Å². The molecule has 5 nitrogen and oxygen atoms in total. The van der Waals surface area contributed by atoms with Crippen LogP contribution in [0.15, 0.2) is 18.2 Å². The maximum Gasteiger partial charge on any atom is 0.315 e. The van der Waals surface area contributed by atoms with E-state index in [-0.39, 0.29) is 18.0 Å². The standard InChI is InChI=1S/C15H21N3O2/c1-9(2)17-14(20)16-8-10-5-6-12-11(7-10)15(3,4)13(19)18-12/h5-7,9H,8H2,1-4H3,(H,18,19)(H2,16,17,20). The van der Waals surface area contributed by atoms with Crippen LogP contribution in [0.2, 0.25) is 0 Å². The van der Waals surface area contributed by atoms with Gasteiger partial charge in [-0.2, -0.15) is 0 Å². The Bertz CT molecular complexity index is 550. The molecular formula is C15H21N3O2. The third kappa shape index (κ3) is 2.76. The molecule has 3 N–H and O–H groups in total. The summed E-state index contributed by atoms with van der Waals surface area (Å²) in [4.78, 5) is 23.4. The summed E-state index contributed by atoms with van der Waals surface area (Å²) in [6, 6.07) is 5.70. The molecule has 2 rings (SSSR count). The normalized spacial score (nSPS) is 15.8. The maximum atomic E-state index is 11.9. The van der Waals surface area contributed by atoms with Crippen molar-refractivity contribution in [1.82, 2.24) is 10.6 Å². The van der Waals surface area contributed by atoms with Crippen LogP contribution in [0.25, 0.3) is 0 Å². The van der Waals surface area contributed by atoms with Crippen LogP contribution < -0.4 is 16.0 Å².